The zero-order valence-corrected chi connectivity index (χ0v) is 11.8. The first-order chi connectivity index (χ1) is 8.25. The molecule has 0 aliphatic heterocycles. The Morgan fingerprint density at radius 1 is 1.39 bits per heavy atom. The Hall–Kier alpha value is -1.43. The van der Waals surface area contributed by atoms with Crippen molar-refractivity contribution in [3.05, 3.63) is 29.6 Å². The molecule has 1 N–H and O–H groups in total. The summed E-state index contributed by atoms with van der Waals surface area (Å²) >= 11 is 3.16. The van der Waals surface area contributed by atoms with E-state index < -0.39 is 22.0 Å². The van der Waals surface area contributed by atoms with E-state index in [1.807, 2.05) is 0 Å². The molecule has 6 heteroatoms. The number of benzene rings is 1. The summed E-state index contributed by atoms with van der Waals surface area (Å²) < 4.78 is 17.2. The number of rotatable bonds is 3. The van der Waals surface area contributed by atoms with Gasteiger partial charge in [-0.2, -0.15) is 0 Å². The average Bonchev–Trinajstić information content (AvgIpc) is 2.29. The van der Waals surface area contributed by atoms with Crippen molar-refractivity contribution in [3.8, 4) is 0 Å². The topological polar surface area (TPSA) is 55.4 Å². The molecule has 1 aromatic rings. The van der Waals surface area contributed by atoms with E-state index in [1.165, 1.54) is 19.2 Å². The molecule has 0 aromatic heterocycles. The van der Waals surface area contributed by atoms with Crippen LogP contribution in [-0.2, 0) is 9.53 Å². The summed E-state index contributed by atoms with van der Waals surface area (Å²) in [7, 11) is 1.23. The van der Waals surface area contributed by atoms with E-state index >= 15 is 0 Å². The first-order valence-electron chi connectivity index (χ1n) is 5.14. The van der Waals surface area contributed by atoms with E-state index in [1.54, 1.807) is 13.8 Å². The number of hydrogen-bond donors (Lipinski definition) is 1. The third-order valence-electron chi connectivity index (χ3n) is 2.18. The zero-order chi connectivity index (χ0) is 13.9. The standard InChI is InChI=1S/C12H13BrFNO3/c1-12(2,13)11(17)15-9-6-7(10(16)18-3)4-5-8(9)14/h4-6H,1-3H3,(H,15,17). The Morgan fingerprint density at radius 2 is 2.00 bits per heavy atom. The van der Waals surface area contributed by atoms with Gasteiger partial charge in [-0.3, -0.25) is 4.79 Å². The highest BCUT2D eigenvalue weighted by Crippen LogP contribution is 2.22. The Kier molecular flexibility index (Phi) is 4.45. The van der Waals surface area contributed by atoms with Crippen LogP contribution in [0.4, 0.5) is 10.1 Å². The number of anilines is 1. The van der Waals surface area contributed by atoms with Crippen molar-refractivity contribution in [1.82, 2.24) is 0 Å². The monoisotopic (exact) mass is 317 g/mol. The number of methoxy groups -OCH3 is 1. The average molecular weight is 318 g/mol. The van der Waals surface area contributed by atoms with Gasteiger partial charge in [0.1, 0.15) is 5.82 Å². The molecule has 1 rings (SSSR count). The molecule has 18 heavy (non-hydrogen) atoms. The van der Waals surface area contributed by atoms with E-state index in [9.17, 15) is 14.0 Å². The summed E-state index contributed by atoms with van der Waals surface area (Å²) in [6, 6.07) is 3.62. The molecule has 0 unspecified atom stereocenters. The van der Waals surface area contributed by atoms with E-state index in [2.05, 4.69) is 26.0 Å². The number of carbonyl (C=O) groups excluding carboxylic acids is 2. The first kappa shape index (κ1) is 14.6. The van der Waals surface area contributed by atoms with Crippen LogP contribution < -0.4 is 5.32 Å². The first-order valence-corrected chi connectivity index (χ1v) is 5.93. The minimum atomic E-state index is -0.833. The maximum absolute atomic E-state index is 13.5. The van der Waals surface area contributed by atoms with E-state index in [0.717, 1.165) is 6.07 Å². The van der Waals surface area contributed by atoms with Gasteiger partial charge in [-0.1, -0.05) is 15.9 Å². The molecule has 0 bridgehead atoms. The second-order valence-corrected chi connectivity index (χ2v) is 6.10. The van der Waals surface area contributed by atoms with Gasteiger partial charge in [-0.25, -0.2) is 9.18 Å². The zero-order valence-electron chi connectivity index (χ0n) is 10.2. The molecule has 0 saturated carbocycles. The van der Waals surface area contributed by atoms with Crippen LogP contribution in [0.2, 0.25) is 0 Å². The molecule has 1 aromatic carbocycles. The normalized spacial score (nSPS) is 10.9. The lowest BCUT2D eigenvalue weighted by molar-refractivity contribution is -0.117. The number of carbonyl (C=O) groups is 2. The van der Waals surface area contributed by atoms with Crippen LogP contribution in [0.1, 0.15) is 24.2 Å². The van der Waals surface area contributed by atoms with Crippen molar-refractivity contribution in [3.63, 3.8) is 0 Å². The van der Waals surface area contributed by atoms with E-state index in [-0.39, 0.29) is 11.3 Å². The van der Waals surface area contributed by atoms with Crippen molar-refractivity contribution < 1.29 is 18.7 Å². The van der Waals surface area contributed by atoms with Gasteiger partial charge in [-0.05, 0) is 32.0 Å². The lowest BCUT2D eigenvalue weighted by atomic mass is 10.1. The molecule has 0 aliphatic rings. The third kappa shape index (κ3) is 3.53. The molecule has 0 fully saturated rings. The van der Waals surface area contributed by atoms with Gasteiger partial charge >= 0.3 is 5.97 Å². The number of esters is 1. The molecule has 0 saturated heterocycles. The minimum absolute atomic E-state index is 0.0598. The van der Waals surface area contributed by atoms with Crippen LogP contribution in [0.25, 0.3) is 0 Å². The molecule has 0 aliphatic carbocycles. The fourth-order valence-corrected chi connectivity index (χ4v) is 1.24. The van der Waals surface area contributed by atoms with E-state index in [4.69, 9.17) is 0 Å². The van der Waals surface area contributed by atoms with Gasteiger partial charge in [0.15, 0.2) is 0 Å². The summed E-state index contributed by atoms with van der Waals surface area (Å²) in [5.74, 6) is -1.63. The van der Waals surface area contributed by atoms with Crippen molar-refractivity contribution in [2.45, 2.75) is 18.2 Å². The fraction of sp³-hybridized carbons (Fsp3) is 0.333. The Bertz CT molecular complexity index is 483. The highest BCUT2D eigenvalue weighted by Gasteiger charge is 2.24. The second-order valence-electron chi connectivity index (χ2n) is 4.11. The van der Waals surface area contributed by atoms with Crippen LogP contribution in [0.15, 0.2) is 18.2 Å². The molecule has 4 nitrogen and oxygen atoms in total. The van der Waals surface area contributed by atoms with Gasteiger partial charge in [0, 0.05) is 0 Å². The van der Waals surface area contributed by atoms with Crippen molar-refractivity contribution in [1.29, 1.82) is 0 Å². The molecule has 0 radical (unpaired) electrons. The van der Waals surface area contributed by atoms with Crippen molar-refractivity contribution >= 4 is 33.5 Å². The number of halogens is 2. The van der Waals surface area contributed by atoms with E-state index in [0.29, 0.717) is 0 Å². The molecular weight excluding hydrogens is 305 g/mol. The molecule has 0 spiro atoms. The molecule has 1 amide bonds. The summed E-state index contributed by atoms with van der Waals surface area (Å²) in [6.07, 6.45) is 0. The summed E-state index contributed by atoms with van der Waals surface area (Å²) in [5.41, 5.74) is 0.108. The number of nitrogens with one attached hydrogen (secondary N) is 1. The number of alkyl halides is 1. The van der Waals surface area contributed by atoms with Gasteiger partial charge in [0.25, 0.3) is 0 Å². The fourth-order valence-electron chi connectivity index (χ4n) is 1.14. The van der Waals surface area contributed by atoms with Crippen LogP contribution in [0.5, 0.6) is 0 Å². The quantitative estimate of drug-likeness (QED) is 0.689. The van der Waals surface area contributed by atoms with Crippen LogP contribution in [-0.4, -0.2) is 23.3 Å². The molecule has 0 atom stereocenters. The molecular formula is C12H13BrFNO3. The van der Waals surface area contributed by atoms with Crippen molar-refractivity contribution in [2.75, 3.05) is 12.4 Å². The summed E-state index contributed by atoms with van der Waals surface area (Å²) in [6.45, 7) is 3.26. The smallest absolute Gasteiger partial charge is 0.337 e. The number of hydrogen-bond acceptors (Lipinski definition) is 3. The largest absolute Gasteiger partial charge is 0.465 e. The third-order valence-corrected chi connectivity index (χ3v) is 2.54. The number of ether oxygens (including phenoxy) is 1. The highest BCUT2D eigenvalue weighted by molar-refractivity contribution is 9.10. The van der Waals surface area contributed by atoms with Crippen LogP contribution in [0.3, 0.4) is 0 Å². The Balaban J connectivity index is 3.02. The predicted octanol–water partition coefficient (Wildman–Crippen LogP) is 2.72. The van der Waals surface area contributed by atoms with Gasteiger partial charge < -0.3 is 10.1 Å². The maximum Gasteiger partial charge on any atom is 0.337 e. The minimum Gasteiger partial charge on any atom is -0.465 e. The highest BCUT2D eigenvalue weighted by atomic mass is 79.9. The van der Waals surface area contributed by atoms with Crippen LogP contribution >= 0.6 is 15.9 Å². The summed E-state index contributed by atoms with van der Waals surface area (Å²) in [4.78, 5) is 23.0. The molecule has 98 valence electrons. The van der Waals surface area contributed by atoms with Gasteiger partial charge in [0.05, 0.1) is 22.7 Å². The number of amides is 1. The SMILES string of the molecule is COC(=O)c1ccc(F)c(NC(=O)C(C)(C)Br)c1. The van der Waals surface area contributed by atoms with Gasteiger partial charge in [0.2, 0.25) is 5.91 Å². The maximum atomic E-state index is 13.5. The van der Waals surface area contributed by atoms with Gasteiger partial charge in [-0.15, -0.1) is 0 Å². The Labute approximate surface area is 113 Å². The molecule has 0 heterocycles. The predicted molar refractivity (Wildman–Crippen MR) is 69.4 cm³/mol. The Morgan fingerprint density at radius 3 is 2.50 bits per heavy atom. The summed E-state index contributed by atoms with van der Waals surface area (Å²) in [5, 5.41) is 2.40. The van der Waals surface area contributed by atoms with Crippen LogP contribution in [0, 0.1) is 5.82 Å². The lowest BCUT2D eigenvalue weighted by Gasteiger charge is -2.16. The second kappa shape index (κ2) is 5.48. The lowest BCUT2D eigenvalue weighted by Crippen LogP contribution is -2.31. The van der Waals surface area contributed by atoms with Crippen molar-refractivity contribution in [2.24, 2.45) is 0 Å².